The van der Waals surface area contributed by atoms with Crippen molar-refractivity contribution in [3.8, 4) is 0 Å². The molecule has 0 saturated carbocycles. The van der Waals surface area contributed by atoms with Gasteiger partial charge in [0.1, 0.15) is 11.4 Å². The molecule has 4 heteroatoms. The van der Waals surface area contributed by atoms with Crippen molar-refractivity contribution in [2.45, 2.75) is 52.6 Å². The number of carbonyl (C=O) groups excluding carboxylic acids is 2. The predicted molar refractivity (Wildman–Crippen MR) is 65.8 cm³/mol. The Morgan fingerprint density at radius 2 is 2.00 bits per heavy atom. The van der Waals surface area contributed by atoms with Gasteiger partial charge >= 0.3 is 6.09 Å². The molecular weight excluding hydrogens is 218 g/mol. The minimum absolute atomic E-state index is 0.135. The topological polar surface area (TPSA) is 46.6 Å². The molecule has 0 N–H and O–H groups in total. The number of amides is 1. The number of hydrogen-bond donors (Lipinski definition) is 0. The van der Waals surface area contributed by atoms with Crippen molar-refractivity contribution in [2.75, 3.05) is 13.1 Å². The third-order valence-electron chi connectivity index (χ3n) is 2.89. The third kappa shape index (κ3) is 4.75. The molecule has 0 aromatic rings. The summed E-state index contributed by atoms with van der Waals surface area (Å²) in [6, 6.07) is 0. The fraction of sp³-hybridized carbons (Fsp3) is 0.846. The largest absolute Gasteiger partial charge is 0.444 e. The van der Waals surface area contributed by atoms with Gasteiger partial charge in [-0.05, 0) is 33.6 Å². The van der Waals surface area contributed by atoms with E-state index in [9.17, 15) is 9.59 Å². The number of hydrogen-bond acceptors (Lipinski definition) is 3. The summed E-state index contributed by atoms with van der Waals surface area (Å²) in [4.78, 5) is 25.1. The van der Waals surface area contributed by atoms with Gasteiger partial charge in [0, 0.05) is 25.4 Å². The van der Waals surface area contributed by atoms with E-state index in [0.717, 1.165) is 12.8 Å². The van der Waals surface area contributed by atoms with Crippen molar-refractivity contribution in [3.63, 3.8) is 0 Å². The van der Waals surface area contributed by atoms with E-state index in [0.29, 0.717) is 19.5 Å². The quantitative estimate of drug-likeness (QED) is 0.655. The fourth-order valence-corrected chi connectivity index (χ4v) is 1.86. The van der Waals surface area contributed by atoms with Crippen molar-refractivity contribution >= 4 is 11.9 Å². The molecule has 0 spiro atoms. The van der Waals surface area contributed by atoms with Crippen LogP contribution in [0.15, 0.2) is 0 Å². The Kier molecular flexibility index (Phi) is 4.54. The van der Waals surface area contributed by atoms with Crippen LogP contribution in [-0.2, 0) is 9.53 Å². The molecule has 1 saturated heterocycles. The number of ketones is 1. The summed E-state index contributed by atoms with van der Waals surface area (Å²) in [5.74, 6) is 0.383. The molecule has 1 aliphatic heterocycles. The van der Waals surface area contributed by atoms with Crippen LogP contribution in [0.25, 0.3) is 0 Å². The molecule has 1 atom stereocenters. The number of nitrogens with zero attached hydrogens (tertiary/aromatic N) is 1. The second kappa shape index (κ2) is 5.52. The van der Waals surface area contributed by atoms with Crippen LogP contribution in [0.4, 0.5) is 4.79 Å². The Bertz CT molecular complexity index is 294. The van der Waals surface area contributed by atoms with E-state index in [2.05, 4.69) is 0 Å². The van der Waals surface area contributed by atoms with E-state index in [1.807, 2.05) is 27.7 Å². The fourth-order valence-electron chi connectivity index (χ4n) is 1.86. The van der Waals surface area contributed by atoms with Gasteiger partial charge in [-0.15, -0.1) is 0 Å². The molecule has 1 unspecified atom stereocenters. The zero-order chi connectivity index (χ0) is 13.1. The van der Waals surface area contributed by atoms with Crippen LogP contribution in [0, 0.1) is 5.92 Å². The molecule has 1 heterocycles. The van der Waals surface area contributed by atoms with Gasteiger partial charge in [0.05, 0.1) is 0 Å². The minimum atomic E-state index is -0.475. The molecule has 17 heavy (non-hydrogen) atoms. The number of Topliss-reactive ketones (excluding diaryl/α,β-unsaturated/α-hetero) is 1. The first-order valence-corrected chi connectivity index (χ1v) is 6.30. The highest BCUT2D eigenvalue weighted by molar-refractivity contribution is 5.81. The summed E-state index contributed by atoms with van der Waals surface area (Å²) in [6.45, 7) is 8.68. The monoisotopic (exact) mass is 241 g/mol. The van der Waals surface area contributed by atoms with E-state index in [1.54, 1.807) is 4.90 Å². The summed E-state index contributed by atoms with van der Waals surface area (Å²) in [7, 11) is 0. The number of rotatable bonds is 0. The highest BCUT2D eigenvalue weighted by atomic mass is 16.6. The lowest BCUT2D eigenvalue weighted by Crippen LogP contribution is -2.40. The van der Waals surface area contributed by atoms with Crippen molar-refractivity contribution in [1.29, 1.82) is 0 Å². The van der Waals surface area contributed by atoms with Gasteiger partial charge in [0.2, 0.25) is 0 Å². The first-order valence-electron chi connectivity index (χ1n) is 6.30. The van der Waals surface area contributed by atoms with Crippen molar-refractivity contribution < 1.29 is 14.3 Å². The highest BCUT2D eigenvalue weighted by Gasteiger charge is 2.25. The normalized spacial score (nSPS) is 22.9. The Hall–Kier alpha value is -1.06. The predicted octanol–water partition coefficient (Wildman–Crippen LogP) is 2.61. The van der Waals surface area contributed by atoms with Crippen LogP contribution in [0.1, 0.15) is 47.0 Å². The van der Waals surface area contributed by atoms with Gasteiger partial charge in [-0.25, -0.2) is 4.79 Å². The van der Waals surface area contributed by atoms with E-state index in [-0.39, 0.29) is 17.8 Å². The SMILES string of the molecule is CC1CCCN(C(=O)OC(C)(C)C)CCC1=O. The molecule has 0 aliphatic carbocycles. The zero-order valence-corrected chi connectivity index (χ0v) is 11.3. The van der Waals surface area contributed by atoms with Gasteiger partial charge in [-0.3, -0.25) is 4.79 Å². The first-order chi connectivity index (χ1) is 7.79. The zero-order valence-electron chi connectivity index (χ0n) is 11.3. The van der Waals surface area contributed by atoms with E-state index < -0.39 is 5.60 Å². The summed E-state index contributed by atoms with van der Waals surface area (Å²) < 4.78 is 5.31. The standard InChI is InChI=1S/C13H23NO3/c1-10-6-5-8-14(9-7-11(10)15)12(16)17-13(2,3)4/h10H,5-9H2,1-4H3. The Morgan fingerprint density at radius 1 is 1.35 bits per heavy atom. The lowest BCUT2D eigenvalue weighted by atomic mass is 9.96. The molecule has 1 amide bonds. The molecule has 0 aromatic carbocycles. The smallest absolute Gasteiger partial charge is 0.410 e. The molecule has 1 fully saturated rings. The van der Waals surface area contributed by atoms with Crippen LogP contribution >= 0.6 is 0 Å². The minimum Gasteiger partial charge on any atom is -0.444 e. The lowest BCUT2D eigenvalue weighted by molar-refractivity contribution is -0.123. The Morgan fingerprint density at radius 3 is 2.59 bits per heavy atom. The molecule has 4 nitrogen and oxygen atoms in total. The summed E-state index contributed by atoms with van der Waals surface area (Å²) >= 11 is 0. The second-order valence-electron chi connectivity index (χ2n) is 5.73. The van der Waals surface area contributed by atoms with Crippen molar-refractivity contribution in [3.05, 3.63) is 0 Å². The highest BCUT2D eigenvalue weighted by Crippen LogP contribution is 2.16. The second-order valence-corrected chi connectivity index (χ2v) is 5.73. The summed E-state index contributed by atoms with van der Waals surface area (Å²) in [5, 5.41) is 0. The van der Waals surface area contributed by atoms with Crippen molar-refractivity contribution in [2.24, 2.45) is 5.92 Å². The van der Waals surface area contributed by atoms with Crippen LogP contribution in [0.5, 0.6) is 0 Å². The van der Waals surface area contributed by atoms with Gasteiger partial charge < -0.3 is 9.64 Å². The summed E-state index contributed by atoms with van der Waals surface area (Å²) in [5.41, 5.74) is -0.475. The molecule has 0 bridgehead atoms. The van der Waals surface area contributed by atoms with Crippen LogP contribution in [0.2, 0.25) is 0 Å². The van der Waals surface area contributed by atoms with Gasteiger partial charge in [0.15, 0.2) is 0 Å². The van der Waals surface area contributed by atoms with Gasteiger partial charge in [0.25, 0.3) is 0 Å². The molecule has 1 rings (SSSR count). The lowest BCUT2D eigenvalue weighted by Gasteiger charge is -2.29. The number of carbonyl (C=O) groups is 2. The maximum Gasteiger partial charge on any atom is 0.410 e. The number of likely N-dealkylation sites (tertiary alicyclic amines) is 1. The van der Waals surface area contributed by atoms with E-state index >= 15 is 0 Å². The average Bonchev–Trinajstić information content (AvgIpc) is 2.17. The molecule has 1 aliphatic rings. The Balaban J connectivity index is 2.54. The van der Waals surface area contributed by atoms with Crippen LogP contribution in [0.3, 0.4) is 0 Å². The first kappa shape index (κ1) is 14.0. The number of ether oxygens (including phenoxy) is 1. The maximum atomic E-state index is 11.9. The maximum absolute atomic E-state index is 11.9. The van der Waals surface area contributed by atoms with Gasteiger partial charge in [-0.2, -0.15) is 0 Å². The van der Waals surface area contributed by atoms with E-state index in [4.69, 9.17) is 4.74 Å². The molecule has 0 radical (unpaired) electrons. The Labute approximate surface area is 103 Å². The third-order valence-corrected chi connectivity index (χ3v) is 2.89. The van der Waals surface area contributed by atoms with Crippen LogP contribution in [-0.4, -0.2) is 35.5 Å². The van der Waals surface area contributed by atoms with Crippen molar-refractivity contribution in [1.82, 2.24) is 4.90 Å². The molecular formula is C13H23NO3. The summed E-state index contributed by atoms with van der Waals surface area (Å²) in [6.07, 6.45) is 1.87. The van der Waals surface area contributed by atoms with Crippen LogP contribution < -0.4 is 0 Å². The average molecular weight is 241 g/mol. The van der Waals surface area contributed by atoms with Gasteiger partial charge in [-0.1, -0.05) is 6.92 Å². The van der Waals surface area contributed by atoms with E-state index in [1.165, 1.54) is 0 Å². The molecule has 0 aromatic heterocycles. The molecule has 98 valence electrons.